The zero-order valence-corrected chi connectivity index (χ0v) is 15.7. The monoisotopic (exact) mass is 388 g/mol. The molecule has 0 amide bonds. The Morgan fingerprint density at radius 1 is 0.759 bits per heavy atom. The average molecular weight is 388 g/mol. The normalized spacial score (nSPS) is 10.3. The highest BCUT2D eigenvalue weighted by Gasteiger charge is 2.19. The molecule has 0 aliphatic carbocycles. The van der Waals surface area contributed by atoms with Crippen molar-refractivity contribution in [2.45, 2.75) is 19.4 Å². The summed E-state index contributed by atoms with van der Waals surface area (Å²) >= 11 is 0. The van der Waals surface area contributed by atoms with Crippen molar-refractivity contribution in [3.8, 4) is 5.75 Å². The number of carbonyl (C=O) groups is 3. The fourth-order valence-corrected chi connectivity index (χ4v) is 2.90. The summed E-state index contributed by atoms with van der Waals surface area (Å²) in [6.45, 7) is 0.331. The number of carboxylic acid groups (broad SMARTS) is 1. The van der Waals surface area contributed by atoms with Crippen LogP contribution in [-0.2, 0) is 22.6 Å². The smallest absolute Gasteiger partial charge is 0.372 e. The van der Waals surface area contributed by atoms with Crippen LogP contribution in [0, 0.1) is 0 Å². The third-order valence-electron chi connectivity index (χ3n) is 4.35. The fraction of sp³-hybridized carbons (Fsp3) is 0.125. The van der Waals surface area contributed by atoms with E-state index in [1.807, 2.05) is 66.7 Å². The minimum Gasteiger partial charge on any atom is -0.489 e. The highest BCUT2D eigenvalue weighted by atomic mass is 16.5. The molecule has 0 spiro atoms. The number of carboxylic acids is 1. The van der Waals surface area contributed by atoms with Crippen molar-refractivity contribution in [1.29, 1.82) is 0 Å². The molecule has 0 bridgehead atoms. The first-order valence-electron chi connectivity index (χ1n) is 9.15. The molecule has 5 heteroatoms. The zero-order chi connectivity index (χ0) is 20.6. The van der Waals surface area contributed by atoms with E-state index < -0.39 is 24.0 Å². The van der Waals surface area contributed by atoms with E-state index in [4.69, 9.17) is 9.84 Å². The summed E-state index contributed by atoms with van der Waals surface area (Å²) in [7, 11) is 0. The summed E-state index contributed by atoms with van der Waals surface area (Å²) in [5.74, 6) is -2.79. The lowest BCUT2D eigenvalue weighted by atomic mass is 9.99. The quantitative estimate of drug-likeness (QED) is 0.339. The lowest BCUT2D eigenvalue weighted by Gasteiger charge is -2.11. The number of hydrogen-bond donors (Lipinski definition) is 1. The van der Waals surface area contributed by atoms with Gasteiger partial charge in [0.2, 0.25) is 5.78 Å². The maximum atomic E-state index is 12.5. The lowest BCUT2D eigenvalue weighted by molar-refractivity contribution is -0.148. The van der Waals surface area contributed by atoms with Crippen LogP contribution in [0.15, 0.2) is 78.9 Å². The van der Waals surface area contributed by atoms with Crippen LogP contribution >= 0.6 is 0 Å². The number of ether oxygens (including phenoxy) is 1. The second kappa shape index (κ2) is 9.46. The highest BCUT2D eigenvalue weighted by molar-refractivity contribution is 6.37. The minimum absolute atomic E-state index is 0.260. The molecule has 0 aromatic heterocycles. The Hall–Kier alpha value is -3.73. The molecule has 29 heavy (non-hydrogen) atoms. The molecule has 0 saturated heterocycles. The molecule has 0 heterocycles. The van der Waals surface area contributed by atoms with Crippen LogP contribution in [0.1, 0.15) is 33.5 Å². The van der Waals surface area contributed by atoms with Gasteiger partial charge < -0.3 is 9.84 Å². The van der Waals surface area contributed by atoms with Crippen molar-refractivity contribution in [1.82, 2.24) is 0 Å². The van der Waals surface area contributed by atoms with Crippen molar-refractivity contribution in [2.75, 3.05) is 0 Å². The van der Waals surface area contributed by atoms with Gasteiger partial charge in [-0.3, -0.25) is 9.59 Å². The molecule has 5 nitrogen and oxygen atoms in total. The molecule has 0 radical (unpaired) electrons. The van der Waals surface area contributed by atoms with E-state index in [9.17, 15) is 14.4 Å². The topological polar surface area (TPSA) is 80.7 Å². The molecule has 0 fully saturated rings. The van der Waals surface area contributed by atoms with Crippen LogP contribution in [0.2, 0.25) is 0 Å². The summed E-state index contributed by atoms with van der Waals surface area (Å²) in [6, 6.07) is 24.5. The first-order chi connectivity index (χ1) is 14.0. The Kier molecular flexibility index (Phi) is 6.53. The molecule has 3 aromatic rings. The maximum Gasteiger partial charge on any atom is 0.372 e. The minimum atomic E-state index is -1.61. The first kappa shape index (κ1) is 20.0. The van der Waals surface area contributed by atoms with E-state index in [1.54, 1.807) is 12.1 Å². The van der Waals surface area contributed by atoms with Crippen LogP contribution in [0.25, 0.3) is 0 Å². The maximum absolute atomic E-state index is 12.5. The van der Waals surface area contributed by atoms with Gasteiger partial charge in [0.1, 0.15) is 12.4 Å². The molecule has 3 rings (SSSR count). The van der Waals surface area contributed by atoms with Gasteiger partial charge in [0, 0.05) is 5.56 Å². The van der Waals surface area contributed by atoms with E-state index in [1.165, 1.54) is 0 Å². The summed E-state index contributed by atoms with van der Waals surface area (Å²) < 4.78 is 5.86. The average Bonchev–Trinajstić information content (AvgIpc) is 2.73. The van der Waals surface area contributed by atoms with Crippen molar-refractivity contribution >= 4 is 17.5 Å². The molecule has 3 aromatic carbocycles. The van der Waals surface area contributed by atoms with Gasteiger partial charge in [0.15, 0.2) is 5.78 Å². The molecule has 0 unspecified atom stereocenters. The third-order valence-corrected chi connectivity index (χ3v) is 4.35. The van der Waals surface area contributed by atoms with Gasteiger partial charge in [0.25, 0.3) is 0 Å². The number of hydrogen-bond acceptors (Lipinski definition) is 4. The molecule has 0 aliphatic heterocycles. The van der Waals surface area contributed by atoms with E-state index >= 15 is 0 Å². The van der Waals surface area contributed by atoms with E-state index in [2.05, 4.69) is 0 Å². The largest absolute Gasteiger partial charge is 0.489 e. The molecular weight excluding hydrogens is 368 g/mol. The second-order valence-corrected chi connectivity index (χ2v) is 6.63. The highest BCUT2D eigenvalue weighted by Crippen LogP contribution is 2.22. The van der Waals surface area contributed by atoms with Crippen molar-refractivity contribution < 1.29 is 24.2 Å². The molecule has 1 N–H and O–H groups in total. The Morgan fingerprint density at radius 3 is 2.00 bits per heavy atom. The molecule has 0 aliphatic rings. The predicted octanol–water partition coefficient (Wildman–Crippen LogP) is 4.08. The fourth-order valence-electron chi connectivity index (χ4n) is 2.90. The molecular formula is C24H20O5. The summed E-state index contributed by atoms with van der Waals surface area (Å²) in [5.41, 5.74) is 3.14. The molecule has 146 valence electrons. The van der Waals surface area contributed by atoms with Gasteiger partial charge in [-0.25, -0.2) is 4.79 Å². The number of ketones is 2. The number of benzene rings is 3. The number of carbonyl (C=O) groups excluding carboxylic acids is 2. The molecule has 0 saturated carbocycles. The Labute approximate surface area is 168 Å². The number of rotatable bonds is 9. The zero-order valence-electron chi connectivity index (χ0n) is 15.7. The van der Waals surface area contributed by atoms with Crippen LogP contribution < -0.4 is 4.74 Å². The predicted molar refractivity (Wildman–Crippen MR) is 108 cm³/mol. The Bertz CT molecular complexity index is 1010. The van der Waals surface area contributed by atoms with E-state index in [0.29, 0.717) is 18.8 Å². The summed E-state index contributed by atoms with van der Waals surface area (Å²) in [4.78, 5) is 34.7. The number of Topliss-reactive ketones (excluding diaryl/α,β-unsaturated/α-hetero) is 2. The summed E-state index contributed by atoms with van der Waals surface area (Å²) in [5, 5.41) is 8.77. The van der Waals surface area contributed by atoms with Gasteiger partial charge in [-0.05, 0) is 41.3 Å². The van der Waals surface area contributed by atoms with Gasteiger partial charge in [-0.15, -0.1) is 0 Å². The van der Waals surface area contributed by atoms with Gasteiger partial charge in [-0.2, -0.15) is 0 Å². The van der Waals surface area contributed by atoms with Gasteiger partial charge in [0.05, 0.1) is 6.42 Å². The van der Waals surface area contributed by atoms with Crippen LogP contribution in [-0.4, -0.2) is 22.6 Å². The Balaban J connectivity index is 1.85. The van der Waals surface area contributed by atoms with E-state index in [-0.39, 0.29) is 5.56 Å². The third kappa shape index (κ3) is 5.87. The first-order valence-corrected chi connectivity index (χ1v) is 9.15. The van der Waals surface area contributed by atoms with Gasteiger partial charge in [-0.1, -0.05) is 60.7 Å². The lowest BCUT2D eigenvalue weighted by Crippen LogP contribution is -2.17. The Morgan fingerprint density at radius 2 is 1.38 bits per heavy atom. The van der Waals surface area contributed by atoms with Gasteiger partial charge >= 0.3 is 5.97 Å². The van der Waals surface area contributed by atoms with E-state index in [0.717, 1.165) is 16.7 Å². The number of aliphatic carboxylic acids is 1. The standard InChI is InChI=1S/C24H20O5/c25-22(15-23(26)24(27)28)20-12-19(11-17-7-3-1-4-8-17)13-21(14-20)29-16-18-9-5-2-6-10-18/h1-10,12-14H,11,15-16H2,(H,27,28). The van der Waals surface area contributed by atoms with Crippen molar-refractivity contribution in [2.24, 2.45) is 0 Å². The van der Waals surface area contributed by atoms with Crippen molar-refractivity contribution in [3.63, 3.8) is 0 Å². The SMILES string of the molecule is O=C(O)C(=O)CC(=O)c1cc(Cc2ccccc2)cc(OCc2ccccc2)c1. The van der Waals surface area contributed by atoms with Crippen LogP contribution in [0.4, 0.5) is 0 Å². The second-order valence-electron chi connectivity index (χ2n) is 6.63. The van der Waals surface area contributed by atoms with Crippen molar-refractivity contribution in [3.05, 3.63) is 101 Å². The molecule has 0 atom stereocenters. The summed E-state index contributed by atoms with van der Waals surface area (Å²) in [6.07, 6.45) is -0.0984. The van der Waals surface area contributed by atoms with Crippen LogP contribution in [0.5, 0.6) is 5.75 Å². The van der Waals surface area contributed by atoms with Crippen LogP contribution in [0.3, 0.4) is 0 Å².